The van der Waals surface area contributed by atoms with Gasteiger partial charge < -0.3 is 9.64 Å². The van der Waals surface area contributed by atoms with Gasteiger partial charge in [-0.25, -0.2) is 0 Å². The van der Waals surface area contributed by atoms with Crippen LogP contribution in [0.2, 0.25) is 0 Å². The number of allylic oxidation sites excluding steroid dienone is 5. The van der Waals surface area contributed by atoms with Gasteiger partial charge in [-0.15, -0.1) is 0 Å². The van der Waals surface area contributed by atoms with E-state index < -0.39 is 0 Å². The lowest BCUT2D eigenvalue weighted by molar-refractivity contribution is -0.113. The van der Waals surface area contributed by atoms with Crippen molar-refractivity contribution in [3.05, 3.63) is 58.0 Å². The summed E-state index contributed by atoms with van der Waals surface area (Å²) >= 11 is 1.49. The largest absolute Gasteiger partial charge is 0.367 e. The molecule has 0 spiro atoms. The molecule has 30 heavy (non-hydrogen) atoms. The van der Waals surface area contributed by atoms with Gasteiger partial charge in [0.1, 0.15) is 0 Å². The van der Waals surface area contributed by atoms with Crippen molar-refractivity contribution in [2.75, 3.05) is 19.7 Å². The minimum absolute atomic E-state index is 0.0864. The Morgan fingerprint density at radius 3 is 2.47 bits per heavy atom. The molecule has 0 radical (unpaired) electrons. The maximum absolute atomic E-state index is 12.3. The number of carbonyl (C=O) groups excluding carboxylic acids is 1. The lowest BCUT2D eigenvalue weighted by Gasteiger charge is -2.33. The first kappa shape index (κ1) is 26.5. The Labute approximate surface area is 189 Å². The zero-order valence-corrected chi connectivity index (χ0v) is 21.0. The zero-order chi connectivity index (χ0) is 22.9. The molecule has 0 aliphatic carbocycles. The molecule has 2 atom stereocenters. The third-order valence-electron chi connectivity index (χ3n) is 5.87. The molecule has 4 heteroatoms. The first-order valence-electron chi connectivity index (χ1n) is 11.1. The van der Waals surface area contributed by atoms with Crippen LogP contribution in [-0.2, 0) is 9.53 Å². The molecule has 2 unspecified atom stereocenters. The Balaban J connectivity index is 2.91. The average molecular weight is 432 g/mol. The van der Waals surface area contributed by atoms with E-state index in [1.54, 1.807) is 6.92 Å². The number of hydrogen-bond donors (Lipinski definition) is 0. The SMILES string of the molecule is C=C1COC(CC)(CCN(CC)C(=C)S/C(=C/C(C)/C=C(\C)CC)C(C)=O)/C1=C/C. The Kier molecular flexibility index (Phi) is 10.9. The minimum atomic E-state index is -0.263. The highest BCUT2D eigenvalue weighted by molar-refractivity contribution is 8.07. The van der Waals surface area contributed by atoms with E-state index in [2.05, 4.69) is 77.8 Å². The summed E-state index contributed by atoms with van der Waals surface area (Å²) in [4.78, 5) is 15.3. The summed E-state index contributed by atoms with van der Waals surface area (Å²) in [5.41, 5.74) is 3.39. The predicted octanol–water partition coefficient (Wildman–Crippen LogP) is 7.05. The van der Waals surface area contributed by atoms with E-state index >= 15 is 0 Å². The third-order valence-corrected chi connectivity index (χ3v) is 7.01. The van der Waals surface area contributed by atoms with E-state index in [4.69, 9.17) is 4.74 Å². The van der Waals surface area contributed by atoms with E-state index in [1.807, 2.05) is 0 Å². The van der Waals surface area contributed by atoms with Gasteiger partial charge in [-0.3, -0.25) is 4.79 Å². The molecule has 1 rings (SSSR count). The van der Waals surface area contributed by atoms with Crippen LogP contribution in [0.3, 0.4) is 0 Å². The summed E-state index contributed by atoms with van der Waals surface area (Å²) in [6.07, 6.45) is 9.24. The first-order chi connectivity index (χ1) is 14.1. The van der Waals surface area contributed by atoms with Gasteiger partial charge in [-0.2, -0.15) is 0 Å². The van der Waals surface area contributed by atoms with E-state index in [0.29, 0.717) is 6.61 Å². The van der Waals surface area contributed by atoms with Crippen LogP contribution in [0.5, 0.6) is 0 Å². The number of ether oxygens (including phenoxy) is 1. The monoisotopic (exact) mass is 431 g/mol. The van der Waals surface area contributed by atoms with Gasteiger partial charge in [-0.05, 0) is 64.0 Å². The number of thioether (sulfide) groups is 1. The van der Waals surface area contributed by atoms with Crippen LogP contribution in [0, 0.1) is 5.92 Å². The van der Waals surface area contributed by atoms with Crippen molar-refractivity contribution in [2.24, 2.45) is 5.92 Å². The second-order valence-electron chi connectivity index (χ2n) is 8.08. The molecule has 1 saturated heterocycles. The highest BCUT2D eigenvalue weighted by Gasteiger charge is 2.39. The van der Waals surface area contributed by atoms with Gasteiger partial charge >= 0.3 is 0 Å². The van der Waals surface area contributed by atoms with Crippen molar-refractivity contribution < 1.29 is 9.53 Å². The molecule has 1 aliphatic heterocycles. The summed E-state index contributed by atoms with van der Waals surface area (Å²) in [5.74, 6) is 0.306. The van der Waals surface area contributed by atoms with Gasteiger partial charge in [0.25, 0.3) is 0 Å². The summed E-state index contributed by atoms with van der Waals surface area (Å²) < 4.78 is 6.20. The lowest BCUT2D eigenvalue weighted by atomic mass is 9.85. The van der Waals surface area contributed by atoms with Gasteiger partial charge in [-0.1, -0.05) is 69.5 Å². The second-order valence-corrected chi connectivity index (χ2v) is 9.20. The third kappa shape index (κ3) is 7.02. The second kappa shape index (κ2) is 12.4. The van der Waals surface area contributed by atoms with Crippen molar-refractivity contribution in [3.8, 4) is 0 Å². The van der Waals surface area contributed by atoms with Crippen LogP contribution in [-0.4, -0.2) is 36.0 Å². The molecule has 0 aromatic carbocycles. The molecule has 0 amide bonds. The number of ketones is 1. The highest BCUT2D eigenvalue weighted by Crippen LogP contribution is 2.40. The average Bonchev–Trinajstić information content (AvgIpc) is 3.03. The normalized spacial score (nSPS) is 22.5. The summed E-state index contributed by atoms with van der Waals surface area (Å²) in [5, 5.41) is 0.910. The molecule has 0 saturated carbocycles. The molecule has 0 aromatic heterocycles. The fraction of sp³-hybridized carbons (Fsp3) is 0.577. The lowest BCUT2D eigenvalue weighted by Crippen LogP contribution is -2.35. The smallest absolute Gasteiger partial charge is 0.166 e. The molecular weight excluding hydrogens is 390 g/mol. The van der Waals surface area contributed by atoms with Crippen LogP contribution in [0.1, 0.15) is 67.7 Å². The number of Topliss-reactive ketones (excluding diaryl/α,β-unsaturated/α-hetero) is 1. The Morgan fingerprint density at radius 1 is 1.30 bits per heavy atom. The van der Waals surface area contributed by atoms with Gasteiger partial charge in [0, 0.05) is 13.1 Å². The standard InChI is InChI=1S/C26H41NO2S/c1-10-19(5)16-20(6)17-25(22(8)28)30-23(9)27(13-4)15-14-26(12-3)24(11-2)21(7)18-29-26/h11,16-17,20H,7,9-10,12-15,18H2,1-6,8H3/b19-16+,24-11+,25-17+. The van der Waals surface area contributed by atoms with Crippen LogP contribution in [0.15, 0.2) is 58.0 Å². The van der Waals surface area contributed by atoms with E-state index in [-0.39, 0.29) is 17.3 Å². The number of nitrogens with zero attached hydrogens (tertiary/aromatic N) is 1. The first-order valence-corrected chi connectivity index (χ1v) is 12.0. The highest BCUT2D eigenvalue weighted by atomic mass is 32.2. The van der Waals surface area contributed by atoms with Crippen LogP contribution < -0.4 is 0 Å². The van der Waals surface area contributed by atoms with Crippen LogP contribution >= 0.6 is 11.8 Å². The molecule has 0 N–H and O–H groups in total. The van der Waals surface area contributed by atoms with Crippen molar-refractivity contribution in [3.63, 3.8) is 0 Å². The predicted molar refractivity (Wildman–Crippen MR) is 132 cm³/mol. The molecular formula is C26H41NO2S. The summed E-state index contributed by atoms with van der Waals surface area (Å²) in [6.45, 7) is 25.1. The van der Waals surface area contributed by atoms with Gasteiger partial charge in [0.05, 0.1) is 22.1 Å². The molecule has 1 aliphatic rings. The fourth-order valence-corrected chi connectivity index (χ4v) is 4.92. The molecule has 1 fully saturated rings. The molecule has 0 bridgehead atoms. The maximum Gasteiger partial charge on any atom is 0.166 e. The Bertz CT molecular complexity index is 731. The van der Waals surface area contributed by atoms with Crippen molar-refractivity contribution in [1.29, 1.82) is 0 Å². The molecule has 168 valence electrons. The molecule has 0 aromatic rings. The number of carbonyl (C=O) groups is 1. The van der Waals surface area contributed by atoms with Crippen molar-refractivity contribution >= 4 is 17.5 Å². The van der Waals surface area contributed by atoms with E-state index in [0.717, 1.165) is 47.9 Å². The minimum Gasteiger partial charge on any atom is -0.367 e. The molecule has 3 nitrogen and oxygen atoms in total. The summed E-state index contributed by atoms with van der Waals surface area (Å²) in [7, 11) is 0. The Hall–Kier alpha value is -1.52. The Morgan fingerprint density at radius 2 is 1.97 bits per heavy atom. The van der Waals surface area contributed by atoms with Crippen molar-refractivity contribution in [2.45, 2.75) is 73.3 Å². The quantitative estimate of drug-likeness (QED) is 0.244. The van der Waals surface area contributed by atoms with Gasteiger partial charge in [0.15, 0.2) is 5.78 Å². The number of rotatable bonds is 12. The van der Waals surface area contributed by atoms with E-state index in [1.165, 1.54) is 22.9 Å². The topological polar surface area (TPSA) is 29.5 Å². The van der Waals surface area contributed by atoms with Gasteiger partial charge in [0.2, 0.25) is 0 Å². The van der Waals surface area contributed by atoms with Crippen molar-refractivity contribution in [1.82, 2.24) is 4.90 Å². The van der Waals surface area contributed by atoms with E-state index in [9.17, 15) is 4.79 Å². The maximum atomic E-state index is 12.3. The summed E-state index contributed by atoms with van der Waals surface area (Å²) in [6, 6.07) is 0. The molecule has 1 heterocycles. The van der Waals surface area contributed by atoms with Crippen LogP contribution in [0.4, 0.5) is 0 Å². The van der Waals surface area contributed by atoms with Crippen LogP contribution in [0.25, 0.3) is 0 Å². The fourth-order valence-electron chi connectivity index (χ4n) is 3.89. The zero-order valence-electron chi connectivity index (χ0n) is 20.1. The number of hydrogen-bond acceptors (Lipinski definition) is 4.